The molecule has 0 aromatic heterocycles. The SMILES string of the molecule is CCCCCCCCCC[Si](C)(C)CCO[C@@H]1O[C@H](CO)[C@H](O)[C@H](O)[C@H]1O. The van der Waals surface area contributed by atoms with Gasteiger partial charge in [0.05, 0.1) is 6.61 Å². The van der Waals surface area contributed by atoms with E-state index in [0.29, 0.717) is 6.61 Å². The van der Waals surface area contributed by atoms with Gasteiger partial charge in [-0.2, -0.15) is 0 Å². The Morgan fingerprint density at radius 1 is 0.815 bits per heavy atom. The smallest absolute Gasteiger partial charge is 0.186 e. The van der Waals surface area contributed by atoms with Crippen molar-refractivity contribution in [1.82, 2.24) is 0 Å². The maximum atomic E-state index is 10.00. The molecule has 0 aliphatic carbocycles. The Kier molecular flexibility index (Phi) is 12.3. The lowest BCUT2D eigenvalue weighted by Crippen LogP contribution is -2.59. The first kappa shape index (κ1) is 25.0. The average molecular weight is 407 g/mol. The first-order valence-electron chi connectivity index (χ1n) is 10.7. The Morgan fingerprint density at radius 2 is 1.41 bits per heavy atom. The molecule has 27 heavy (non-hydrogen) atoms. The maximum Gasteiger partial charge on any atom is 0.186 e. The van der Waals surface area contributed by atoms with Crippen LogP contribution in [0.4, 0.5) is 0 Å². The third kappa shape index (κ3) is 9.34. The summed E-state index contributed by atoms with van der Waals surface area (Å²) in [5.74, 6) is 0. The summed E-state index contributed by atoms with van der Waals surface area (Å²) in [6, 6.07) is 2.22. The molecule has 0 unspecified atom stereocenters. The molecule has 1 rings (SSSR count). The van der Waals surface area contributed by atoms with Gasteiger partial charge >= 0.3 is 0 Å². The summed E-state index contributed by atoms with van der Waals surface area (Å²) in [5.41, 5.74) is 0. The molecule has 0 saturated carbocycles. The molecule has 0 radical (unpaired) electrons. The number of hydrogen-bond donors (Lipinski definition) is 4. The van der Waals surface area contributed by atoms with Gasteiger partial charge in [0.25, 0.3) is 0 Å². The van der Waals surface area contributed by atoms with Crippen molar-refractivity contribution in [3.8, 4) is 0 Å². The van der Waals surface area contributed by atoms with Gasteiger partial charge in [0, 0.05) is 14.7 Å². The predicted molar refractivity (Wildman–Crippen MR) is 109 cm³/mol. The highest BCUT2D eigenvalue weighted by molar-refractivity contribution is 6.77. The summed E-state index contributed by atoms with van der Waals surface area (Å²) in [5, 5.41) is 38.8. The molecule has 1 aliphatic heterocycles. The Hall–Kier alpha value is -0.0231. The van der Waals surface area contributed by atoms with Crippen LogP contribution in [-0.2, 0) is 9.47 Å². The second-order valence-corrected chi connectivity index (χ2v) is 14.0. The lowest BCUT2D eigenvalue weighted by atomic mass is 9.99. The van der Waals surface area contributed by atoms with Crippen LogP contribution < -0.4 is 0 Å². The fourth-order valence-electron chi connectivity index (χ4n) is 3.52. The molecule has 1 saturated heterocycles. The fourth-order valence-corrected chi connectivity index (χ4v) is 5.65. The number of aliphatic hydroxyl groups excluding tert-OH is 4. The zero-order chi connectivity index (χ0) is 20.3. The van der Waals surface area contributed by atoms with Crippen LogP contribution in [0.15, 0.2) is 0 Å². The van der Waals surface area contributed by atoms with E-state index in [-0.39, 0.29) is 0 Å². The molecule has 0 bridgehead atoms. The van der Waals surface area contributed by atoms with Gasteiger partial charge in [-0.3, -0.25) is 0 Å². The van der Waals surface area contributed by atoms with Crippen molar-refractivity contribution < 1.29 is 29.9 Å². The van der Waals surface area contributed by atoms with Crippen LogP contribution in [0.5, 0.6) is 0 Å². The lowest BCUT2D eigenvalue weighted by Gasteiger charge is -2.39. The first-order valence-corrected chi connectivity index (χ1v) is 14.2. The van der Waals surface area contributed by atoms with E-state index < -0.39 is 45.4 Å². The molecule has 7 heteroatoms. The number of hydrogen-bond acceptors (Lipinski definition) is 6. The molecule has 1 fully saturated rings. The monoisotopic (exact) mass is 406 g/mol. The molecule has 0 aromatic carbocycles. The van der Waals surface area contributed by atoms with E-state index in [1.165, 1.54) is 57.4 Å². The van der Waals surface area contributed by atoms with E-state index in [9.17, 15) is 20.4 Å². The molecule has 5 atom stereocenters. The molecule has 162 valence electrons. The Morgan fingerprint density at radius 3 is 2.00 bits per heavy atom. The van der Waals surface area contributed by atoms with Crippen molar-refractivity contribution in [3.63, 3.8) is 0 Å². The number of aliphatic hydroxyl groups is 4. The number of ether oxygens (including phenoxy) is 2. The molecule has 1 heterocycles. The van der Waals surface area contributed by atoms with Gasteiger partial charge in [0.1, 0.15) is 24.4 Å². The minimum absolute atomic E-state index is 0.427. The molecule has 0 aromatic rings. The van der Waals surface area contributed by atoms with Crippen molar-refractivity contribution in [2.45, 2.75) is 114 Å². The normalized spacial score (nSPS) is 29.2. The van der Waals surface area contributed by atoms with Crippen LogP contribution in [0.3, 0.4) is 0 Å². The summed E-state index contributed by atoms with van der Waals surface area (Å²) < 4.78 is 11.0. The van der Waals surface area contributed by atoms with Gasteiger partial charge in [0.2, 0.25) is 0 Å². The van der Waals surface area contributed by atoms with Crippen molar-refractivity contribution in [2.24, 2.45) is 0 Å². The molecule has 4 N–H and O–H groups in total. The van der Waals surface area contributed by atoms with Gasteiger partial charge in [0.15, 0.2) is 6.29 Å². The zero-order valence-electron chi connectivity index (χ0n) is 17.5. The van der Waals surface area contributed by atoms with Gasteiger partial charge in [-0.1, -0.05) is 77.4 Å². The Bertz CT molecular complexity index is 379. The summed E-state index contributed by atoms with van der Waals surface area (Å²) in [6.45, 7) is 6.98. The van der Waals surface area contributed by atoms with Crippen molar-refractivity contribution >= 4 is 8.07 Å². The molecular formula is C20H42O6Si. The highest BCUT2D eigenvalue weighted by Crippen LogP contribution is 2.24. The van der Waals surface area contributed by atoms with Crippen molar-refractivity contribution in [2.75, 3.05) is 13.2 Å². The van der Waals surface area contributed by atoms with E-state index in [4.69, 9.17) is 9.47 Å². The standard InChI is InChI=1S/C20H42O6Si/c1-4-5-6-7-8-9-10-11-13-27(2,3)14-12-25-20-19(24)18(23)17(22)16(15-21)26-20/h16-24H,4-15H2,1-3H3/t16-,17+,18+,19-,20-/m1/s1. The molecule has 0 amide bonds. The number of unbranched alkanes of at least 4 members (excludes halogenated alkanes) is 7. The van der Waals surface area contributed by atoms with Gasteiger partial charge in [-0.25, -0.2) is 0 Å². The second-order valence-electron chi connectivity index (χ2n) is 8.71. The fraction of sp³-hybridized carbons (Fsp3) is 1.00. The van der Waals surface area contributed by atoms with Gasteiger partial charge < -0.3 is 29.9 Å². The van der Waals surface area contributed by atoms with Crippen molar-refractivity contribution in [3.05, 3.63) is 0 Å². The zero-order valence-corrected chi connectivity index (χ0v) is 18.5. The minimum Gasteiger partial charge on any atom is -0.394 e. The first-order chi connectivity index (χ1) is 12.8. The molecular weight excluding hydrogens is 364 g/mol. The largest absolute Gasteiger partial charge is 0.394 e. The van der Waals surface area contributed by atoms with Crippen LogP contribution in [0, 0.1) is 0 Å². The molecule has 0 spiro atoms. The minimum atomic E-state index is -1.37. The summed E-state index contributed by atoms with van der Waals surface area (Å²) >= 11 is 0. The van der Waals surface area contributed by atoms with E-state index in [1.807, 2.05) is 0 Å². The summed E-state index contributed by atoms with van der Waals surface area (Å²) in [4.78, 5) is 0. The van der Waals surface area contributed by atoms with E-state index >= 15 is 0 Å². The van der Waals surface area contributed by atoms with Crippen LogP contribution in [-0.4, -0.2) is 72.4 Å². The van der Waals surface area contributed by atoms with E-state index in [2.05, 4.69) is 20.0 Å². The molecule has 1 aliphatic rings. The van der Waals surface area contributed by atoms with E-state index in [0.717, 1.165) is 6.04 Å². The Labute approximate surface area is 165 Å². The van der Waals surface area contributed by atoms with Crippen molar-refractivity contribution in [1.29, 1.82) is 0 Å². The quantitative estimate of drug-likeness (QED) is 0.261. The third-order valence-electron chi connectivity index (χ3n) is 5.62. The summed E-state index contributed by atoms with van der Waals surface area (Å²) in [7, 11) is -1.37. The highest BCUT2D eigenvalue weighted by Gasteiger charge is 2.44. The topological polar surface area (TPSA) is 99.4 Å². The third-order valence-corrected chi connectivity index (χ3v) is 8.88. The maximum absolute atomic E-state index is 10.00. The highest BCUT2D eigenvalue weighted by atomic mass is 28.3. The lowest BCUT2D eigenvalue weighted by molar-refractivity contribution is -0.300. The average Bonchev–Trinajstić information content (AvgIpc) is 2.63. The summed E-state index contributed by atoms with van der Waals surface area (Å²) in [6.07, 6.45) is 4.71. The van der Waals surface area contributed by atoms with Crippen LogP contribution in [0.1, 0.15) is 58.3 Å². The van der Waals surface area contributed by atoms with E-state index in [1.54, 1.807) is 0 Å². The van der Waals surface area contributed by atoms with Gasteiger partial charge in [-0.15, -0.1) is 0 Å². The predicted octanol–water partition coefficient (Wildman–Crippen LogP) is 2.65. The van der Waals surface area contributed by atoms with Crippen LogP contribution in [0.25, 0.3) is 0 Å². The van der Waals surface area contributed by atoms with Crippen LogP contribution >= 0.6 is 0 Å². The number of rotatable bonds is 14. The molecule has 6 nitrogen and oxygen atoms in total. The Balaban J connectivity index is 2.19. The van der Waals surface area contributed by atoms with Crippen LogP contribution in [0.2, 0.25) is 25.2 Å². The second kappa shape index (κ2) is 13.2. The van der Waals surface area contributed by atoms with Gasteiger partial charge in [-0.05, 0) is 6.04 Å².